The summed E-state index contributed by atoms with van der Waals surface area (Å²) in [5.41, 5.74) is 15.4. The Morgan fingerprint density at radius 3 is 2.02 bits per heavy atom. The second-order valence-electron chi connectivity index (χ2n) is 15.7. The standard InChI is InChI=1S/C46H44N2/c1-44(2,3)33-18-21-35(22-19-33)48-42-15-11-10-14-38(42)45(4,5)41-28-37-36-23-16-30(26-39(36)46(6,7)40(37)29-43(41)48)24-25-47-34-20-17-31-12-8-9-13-32(31)27-34/h8-29,47H,1-7H3/b25-24+. The Labute approximate surface area is 285 Å². The Kier molecular flexibility index (Phi) is 6.76. The number of hydrogen-bond acceptors (Lipinski definition) is 2. The van der Waals surface area contributed by atoms with Crippen LogP contribution in [0.1, 0.15) is 81.8 Å². The highest BCUT2D eigenvalue weighted by atomic mass is 15.2. The zero-order chi connectivity index (χ0) is 33.4. The van der Waals surface area contributed by atoms with Gasteiger partial charge in [-0.1, -0.05) is 127 Å². The van der Waals surface area contributed by atoms with Crippen LogP contribution in [0, 0.1) is 0 Å². The average molecular weight is 625 g/mol. The van der Waals surface area contributed by atoms with E-state index in [0.29, 0.717) is 0 Å². The predicted molar refractivity (Wildman–Crippen MR) is 206 cm³/mol. The Morgan fingerprint density at radius 2 is 1.25 bits per heavy atom. The molecule has 0 aromatic heterocycles. The maximum atomic E-state index is 3.49. The normalized spacial score (nSPS) is 15.6. The lowest BCUT2D eigenvalue weighted by Crippen LogP contribution is -2.31. The molecule has 0 spiro atoms. The van der Waals surface area contributed by atoms with Gasteiger partial charge in [0.15, 0.2) is 0 Å². The van der Waals surface area contributed by atoms with Crippen LogP contribution in [0.4, 0.5) is 22.7 Å². The van der Waals surface area contributed by atoms with E-state index in [9.17, 15) is 0 Å². The number of rotatable bonds is 4. The van der Waals surface area contributed by atoms with Crippen molar-refractivity contribution < 1.29 is 0 Å². The molecule has 0 unspecified atom stereocenters. The molecule has 0 radical (unpaired) electrons. The van der Waals surface area contributed by atoms with Gasteiger partial charge in [-0.3, -0.25) is 0 Å². The largest absolute Gasteiger partial charge is 0.362 e. The van der Waals surface area contributed by atoms with Gasteiger partial charge in [0.1, 0.15) is 0 Å². The van der Waals surface area contributed by atoms with Crippen molar-refractivity contribution >= 4 is 39.6 Å². The minimum absolute atomic E-state index is 0.107. The van der Waals surface area contributed by atoms with Crippen LogP contribution in [0.3, 0.4) is 0 Å². The van der Waals surface area contributed by atoms with E-state index in [4.69, 9.17) is 0 Å². The number of hydrogen-bond donors (Lipinski definition) is 1. The van der Waals surface area contributed by atoms with Gasteiger partial charge in [-0.05, 0) is 109 Å². The maximum Gasteiger partial charge on any atom is 0.0506 e. The molecule has 2 aliphatic rings. The lowest BCUT2D eigenvalue weighted by molar-refractivity contribution is 0.590. The Balaban J connectivity index is 1.19. The van der Waals surface area contributed by atoms with Crippen LogP contribution in [0.5, 0.6) is 0 Å². The van der Waals surface area contributed by atoms with E-state index in [-0.39, 0.29) is 16.2 Å². The quantitative estimate of drug-likeness (QED) is 0.210. The third-order valence-corrected chi connectivity index (χ3v) is 10.8. The molecule has 238 valence electrons. The number of anilines is 4. The topological polar surface area (TPSA) is 15.3 Å². The summed E-state index contributed by atoms with van der Waals surface area (Å²) in [6.07, 6.45) is 4.24. The Hall–Kier alpha value is -5.08. The lowest BCUT2D eigenvalue weighted by atomic mass is 9.71. The van der Waals surface area contributed by atoms with Gasteiger partial charge in [-0.25, -0.2) is 0 Å². The van der Waals surface area contributed by atoms with Crippen molar-refractivity contribution in [1.82, 2.24) is 0 Å². The highest BCUT2D eigenvalue weighted by Crippen LogP contribution is 2.57. The van der Waals surface area contributed by atoms with Gasteiger partial charge in [0.2, 0.25) is 0 Å². The van der Waals surface area contributed by atoms with E-state index < -0.39 is 0 Å². The molecule has 1 aliphatic heterocycles. The zero-order valence-electron chi connectivity index (χ0n) is 29.1. The van der Waals surface area contributed by atoms with E-state index in [0.717, 1.165) is 5.69 Å². The summed E-state index contributed by atoms with van der Waals surface area (Å²) in [4.78, 5) is 2.49. The monoisotopic (exact) mass is 624 g/mol. The molecule has 48 heavy (non-hydrogen) atoms. The Morgan fingerprint density at radius 1 is 0.562 bits per heavy atom. The lowest BCUT2D eigenvalue weighted by Gasteiger charge is -2.43. The molecular weight excluding hydrogens is 581 g/mol. The van der Waals surface area contributed by atoms with Crippen LogP contribution < -0.4 is 10.2 Å². The van der Waals surface area contributed by atoms with Crippen LogP contribution in [0.15, 0.2) is 128 Å². The van der Waals surface area contributed by atoms with Gasteiger partial charge in [0, 0.05) is 28.4 Å². The van der Waals surface area contributed by atoms with Crippen LogP contribution in [0.25, 0.3) is 28.0 Å². The molecule has 6 aromatic carbocycles. The third-order valence-electron chi connectivity index (χ3n) is 10.8. The molecule has 1 aliphatic carbocycles. The molecule has 2 heteroatoms. The van der Waals surface area contributed by atoms with Crippen molar-refractivity contribution in [1.29, 1.82) is 0 Å². The number of para-hydroxylation sites is 1. The van der Waals surface area contributed by atoms with Gasteiger partial charge < -0.3 is 10.2 Å². The second kappa shape index (κ2) is 10.7. The molecule has 6 aromatic rings. The second-order valence-corrected chi connectivity index (χ2v) is 15.7. The summed E-state index contributed by atoms with van der Waals surface area (Å²) >= 11 is 0. The molecule has 0 atom stereocenters. The predicted octanol–water partition coefficient (Wildman–Crippen LogP) is 12.6. The minimum Gasteiger partial charge on any atom is -0.362 e. The maximum absolute atomic E-state index is 3.49. The zero-order valence-corrected chi connectivity index (χ0v) is 29.1. The summed E-state index contributed by atoms with van der Waals surface area (Å²) < 4.78 is 0. The first kappa shape index (κ1) is 30.3. The van der Waals surface area contributed by atoms with Crippen molar-refractivity contribution in [3.63, 3.8) is 0 Å². The molecular formula is C46H44N2. The highest BCUT2D eigenvalue weighted by Gasteiger charge is 2.42. The number of nitrogens with zero attached hydrogens (tertiary/aromatic N) is 1. The van der Waals surface area contributed by atoms with Crippen molar-refractivity contribution in [2.45, 2.75) is 64.7 Å². The average Bonchev–Trinajstić information content (AvgIpc) is 3.29. The van der Waals surface area contributed by atoms with Crippen molar-refractivity contribution in [3.05, 3.63) is 161 Å². The van der Waals surface area contributed by atoms with E-state index in [1.807, 2.05) is 0 Å². The third kappa shape index (κ3) is 4.77. The fourth-order valence-electron chi connectivity index (χ4n) is 7.95. The van der Waals surface area contributed by atoms with Crippen molar-refractivity contribution in [2.75, 3.05) is 10.2 Å². The highest BCUT2D eigenvalue weighted by molar-refractivity contribution is 5.92. The summed E-state index contributed by atoms with van der Waals surface area (Å²) in [7, 11) is 0. The van der Waals surface area contributed by atoms with Crippen LogP contribution in [-0.2, 0) is 16.2 Å². The summed E-state index contributed by atoms with van der Waals surface area (Å²) in [5, 5.41) is 5.98. The van der Waals surface area contributed by atoms with Gasteiger partial charge >= 0.3 is 0 Å². The summed E-state index contributed by atoms with van der Waals surface area (Å²) in [6, 6.07) is 45.1. The van der Waals surface area contributed by atoms with E-state index in [1.54, 1.807) is 0 Å². The van der Waals surface area contributed by atoms with Gasteiger partial charge in [0.25, 0.3) is 0 Å². The van der Waals surface area contributed by atoms with E-state index >= 15 is 0 Å². The van der Waals surface area contributed by atoms with Crippen LogP contribution >= 0.6 is 0 Å². The first-order valence-corrected chi connectivity index (χ1v) is 17.2. The van der Waals surface area contributed by atoms with Crippen molar-refractivity contribution in [3.8, 4) is 11.1 Å². The molecule has 1 heterocycles. The van der Waals surface area contributed by atoms with Crippen LogP contribution in [-0.4, -0.2) is 0 Å². The molecule has 0 saturated carbocycles. The summed E-state index contributed by atoms with van der Waals surface area (Å²) in [6.45, 7) is 16.4. The molecule has 8 rings (SSSR count). The first-order valence-electron chi connectivity index (χ1n) is 17.2. The molecule has 0 saturated heterocycles. The molecule has 2 nitrogen and oxygen atoms in total. The minimum atomic E-state index is -0.146. The molecule has 0 amide bonds. The summed E-state index contributed by atoms with van der Waals surface area (Å²) in [5.74, 6) is 0. The van der Waals surface area contributed by atoms with Crippen LogP contribution in [0.2, 0.25) is 0 Å². The SMILES string of the molecule is CC(C)(C)c1ccc(N2c3ccccc3C(C)(C)c3cc4c(cc32)C(C)(C)c2cc(/C=C/Nc3ccc5ccccc5c3)ccc2-4)cc1. The molecule has 0 fully saturated rings. The Bertz CT molecular complexity index is 2240. The van der Waals surface area contributed by atoms with E-state index in [1.165, 1.54) is 72.3 Å². The number of benzene rings is 6. The number of nitrogens with one attached hydrogen (secondary N) is 1. The van der Waals surface area contributed by atoms with Gasteiger partial charge in [0.05, 0.1) is 11.4 Å². The molecule has 1 N–H and O–H groups in total. The smallest absolute Gasteiger partial charge is 0.0506 e. The fourth-order valence-corrected chi connectivity index (χ4v) is 7.95. The van der Waals surface area contributed by atoms with Gasteiger partial charge in [-0.2, -0.15) is 0 Å². The number of fused-ring (bicyclic) bond motifs is 6. The molecule has 0 bridgehead atoms. The first-order chi connectivity index (χ1) is 22.9. The van der Waals surface area contributed by atoms with E-state index in [2.05, 4.69) is 192 Å². The fraction of sp³-hybridized carbons (Fsp3) is 0.217. The van der Waals surface area contributed by atoms with Crippen molar-refractivity contribution in [2.24, 2.45) is 0 Å². The van der Waals surface area contributed by atoms with Gasteiger partial charge in [-0.15, -0.1) is 0 Å².